The first kappa shape index (κ1) is 24.6. The van der Waals surface area contributed by atoms with Crippen LogP contribution in [-0.4, -0.2) is 71.6 Å². The van der Waals surface area contributed by atoms with Gasteiger partial charge in [-0.2, -0.15) is 4.73 Å². The molecule has 3 aromatic heterocycles. The third-order valence-corrected chi connectivity index (χ3v) is 7.99. The average molecular weight is 545 g/mol. The van der Waals surface area contributed by atoms with E-state index in [-0.39, 0.29) is 35.1 Å². The Morgan fingerprint density at radius 1 is 1.35 bits per heavy atom. The maximum atomic E-state index is 13.1. The van der Waals surface area contributed by atoms with E-state index in [1.165, 1.54) is 22.0 Å². The Morgan fingerprint density at radius 2 is 2.16 bits per heavy atom. The van der Waals surface area contributed by atoms with Crippen LogP contribution in [-0.2, 0) is 25.8 Å². The molecule has 15 heteroatoms. The molecule has 4 N–H and O–H groups in total. The number of nitrogens with one attached hydrogen (secondary N) is 2. The van der Waals surface area contributed by atoms with Crippen molar-refractivity contribution in [2.24, 2.45) is 5.16 Å². The van der Waals surface area contributed by atoms with Gasteiger partial charge in [0.05, 0.1) is 6.20 Å². The second kappa shape index (κ2) is 9.74. The van der Waals surface area contributed by atoms with Crippen LogP contribution >= 0.6 is 23.1 Å². The monoisotopic (exact) mass is 544 g/mol. The Hall–Kier alpha value is -4.11. The number of fused-ring (bicyclic) bond motifs is 2. The molecular weight excluding hydrogens is 522 g/mol. The van der Waals surface area contributed by atoms with Crippen LogP contribution in [0.5, 0.6) is 0 Å². The normalized spacial score (nSPS) is 19.5. The molecule has 1 fully saturated rings. The number of rotatable bonds is 8. The first-order valence-corrected chi connectivity index (χ1v) is 13.0. The zero-order chi connectivity index (χ0) is 26.3. The van der Waals surface area contributed by atoms with Crippen LogP contribution in [0, 0.1) is 5.41 Å². The van der Waals surface area contributed by atoms with Crippen molar-refractivity contribution in [3.63, 3.8) is 0 Å². The molecule has 0 unspecified atom stereocenters. The highest BCUT2D eigenvalue weighted by atomic mass is 32.2. The number of oxime groups is 1. The van der Waals surface area contributed by atoms with Gasteiger partial charge in [0.25, 0.3) is 17.5 Å². The highest BCUT2D eigenvalue weighted by molar-refractivity contribution is 8.00. The summed E-state index contributed by atoms with van der Waals surface area (Å²) in [5.74, 6) is -2.23. The molecular formula is C22H22N7O6S2+. The molecule has 5 heterocycles. The van der Waals surface area contributed by atoms with Crippen molar-refractivity contribution in [1.29, 1.82) is 5.41 Å². The summed E-state index contributed by atoms with van der Waals surface area (Å²) in [6.07, 6.45) is 5.60. The highest BCUT2D eigenvalue weighted by Gasteiger charge is 2.54. The van der Waals surface area contributed by atoms with Crippen molar-refractivity contribution in [3.8, 4) is 0 Å². The van der Waals surface area contributed by atoms with E-state index in [1.54, 1.807) is 6.92 Å². The lowest BCUT2D eigenvalue weighted by Gasteiger charge is -2.49. The Bertz CT molecular complexity index is 1540. The SMILES string of the molecule is CCO/N=C(\C(=O)N[C@@H]1C(=O)N2C(C(=O)O)=C(C[n+]3ccn4ccccc43)CS[C@@H]12)c1csc(=N)n1O. The van der Waals surface area contributed by atoms with Crippen molar-refractivity contribution in [3.05, 3.63) is 63.9 Å². The number of thiazole rings is 1. The number of imidazole rings is 1. The first-order chi connectivity index (χ1) is 17.8. The molecule has 37 heavy (non-hydrogen) atoms. The van der Waals surface area contributed by atoms with E-state index in [9.17, 15) is 24.7 Å². The van der Waals surface area contributed by atoms with Crippen LogP contribution in [0.25, 0.3) is 5.65 Å². The maximum absolute atomic E-state index is 13.1. The second-order valence-electron chi connectivity index (χ2n) is 8.11. The highest BCUT2D eigenvalue weighted by Crippen LogP contribution is 2.40. The van der Waals surface area contributed by atoms with E-state index in [0.717, 1.165) is 17.0 Å². The van der Waals surface area contributed by atoms with Crippen LogP contribution in [0.2, 0.25) is 0 Å². The molecule has 0 spiro atoms. The lowest BCUT2D eigenvalue weighted by molar-refractivity contribution is -0.662. The number of β-lactam (4-membered cyclic amide) rings is 1. The topological polar surface area (TPSA) is 166 Å². The van der Waals surface area contributed by atoms with Gasteiger partial charge < -0.3 is 20.5 Å². The van der Waals surface area contributed by atoms with Crippen LogP contribution < -0.4 is 14.7 Å². The molecule has 0 bridgehead atoms. The van der Waals surface area contributed by atoms with E-state index in [0.29, 0.717) is 16.1 Å². The summed E-state index contributed by atoms with van der Waals surface area (Å²) in [5, 5.41) is 34.8. The lowest BCUT2D eigenvalue weighted by Crippen LogP contribution is -2.71. The molecule has 13 nitrogen and oxygen atoms in total. The quantitative estimate of drug-likeness (QED) is 0.102. The average Bonchev–Trinajstić information content (AvgIpc) is 3.45. The summed E-state index contributed by atoms with van der Waals surface area (Å²) in [7, 11) is 0. The van der Waals surface area contributed by atoms with Gasteiger partial charge >= 0.3 is 5.97 Å². The standard InChI is InChI=1S/C22H21N7O6S2/c1-2-35-25-15(13-11-37-22(23)29(13)34)18(30)24-16-19(31)28-17(21(32)33)12(10-36-20(16)28)9-27-8-7-26-6-4-3-5-14(26)27/h3-8,11,16,20,23,34H,2,9-10H2,1H3,(H-,24,30,32,33)/p+1/b23-22?,25-15-/t16-,20+/m1/s1. The van der Waals surface area contributed by atoms with E-state index >= 15 is 0 Å². The number of amides is 2. The number of hydrogen-bond donors (Lipinski definition) is 4. The predicted molar refractivity (Wildman–Crippen MR) is 131 cm³/mol. The molecule has 192 valence electrons. The van der Waals surface area contributed by atoms with Gasteiger partial charge in [-0.15, -0.1) is 23.1 Å². The predicted octanol–water partition coefficient (Wildman–Crippen LogP) is -0.0140. The summed E-state index contributed by atoms with van der Waals surface area (Å²) >= 11 is 2.23. The van der Waals surface area contributed by atoms with Gasteiger partial charge in [-0.05, 0) is 13.0 Å². The molecule has 3 aromatic rings. The second-order valence-corrected chi connectivity index (χ2v) is 10.1. The van der Waals surface area contributed by atoms with Crippen molar-refractivity contribution < 1.29 is 34.1 Å². The van der Waals surface area contributed by atoms with Gasteiger partial charge in [0.1, 0.15) is 48.4 Å². The van der Waals surface area contributed by atoms with Crippen molar-refractivity contribution in [2.75, 3.05) is 12.4 Å². The fraction of sp³-hybridized carbons (Fsp3) is 0.273. The molecule has 0 radical (unpaired) electrons. The van der Waals surface area contributed by atoms with Crippen molar-refractivity contribution in [2.45, 2.75) is 24.9 Å². The molecule has 2 amide bonds. The zero-order valence-corrected chi connectivity index (χ0v) is 21.0. The van der Waals surface area contributed by atoms with Gasteiger partial charge in [0.15, 0.2) is 5.71 Å². The minimum Gasteiger partial charge on any atom is -0.477 e. The summed E-state index contributed by atoms with van der Waals surface area (Å²) < 4.78 is 4.31. The molecule has 0 aliphatic carbocycles. The van der Waals surface area contributed by atoms with E-state index in [2.05, 4.69) is 10.5 Å². The number of carboxylic acid groups (broad SMARTS) is 1. The largest absolute Gasteiger partial charge is 0.477 e. The number of aromatic nitrogens is 3. The van der Waals surface area contributed by atoms with Crippen LogP contribution in [0.3, 0.4) is 0 Å². The number of pyridine rings is 1. The minimum atomic E-state index is -1.22. The molecule has 0 saturated carbocycles. The summed E-state index contributed by atoms with van der Waals surface area (Å²) in [6, 6.07) is 4.69. The smallest absolute Gasteiger partial charge is 0.352 e. The Labute approximate surface area is 217 Å². The van der Waals surface area contributed by atoms with E-state index in [4.69, 9.17) is 10.2 Å². The van der Waals surface area contributed by atoms with E-state index in [1.807, 2.05) is 45.8 Å². The van der Waals surface area contributed by atoms with Gasteiger partial charge in [0, 0.05) is 22.8 Å². The third kappa shape index (κ3) is 4.25. The van der Waals surface area contributed by atoms with Gasteiger partial charge in [-0.25, -0.2) is 13.8 Å². The molecule has 2 atom stereocenters. The number of carbonyl (C=O) groups is 3. The fourth-order valence-corrected chi connectivity index (χ4v) is 6.18. The summed E-state index contributed by atoms with van der Waals surface area (Å²) in [4.78, 5) is 44.3. The number of carbonyl (C=O) groups excluding carboxylic acids is 2. The Kier molecular flexibility index (Phi) is 6.47. The summed E-state index contributed by atoms with van der Waals surface area (Å²) in [6.45, 7) is 2.10. The third-order valence-electron chi connectivity index (χ3n) is 5.91. The molecule has 2 aliphatic heterocycles. The number of hydrogen-bond acceptors (Lipinski definition) is 9. The molecule has 5 rings (SSSR count). The van der Waals surface area contributed by atoms with Crippen LogP contribution in [0.15, 0.2) is 58.6 Å². The number of carboxylic acids is 1. The fourth-order valence-electron chi connectivity index (χ4n) is 4.21. The van der Waals surface area contributed by atoms with Gasteiger partial charge in [-0.1, -0.05) is 11.2 Å². The van der Waals surface area contributed by atoms with Crippen LogP contribution in [0.1, 0.15) is 12.6 Å². The van der Waals surface area contributed by atoms with Crippen molar-refractivity contribution >= 4 is 52.2 Å². The molecule has 1 saturated heterocycles. The zero-order valence-electron chi connectivity index (χ0n) is 19.4. The lowest BCUT2D eigenvalue weighted by atomic mass is 10.0. The summed E-state index contributed by atoms with van der Waals surface area (Å²) in [5.41, 5.74) is 0.993. The molecule has 2 aliphatic rings. The Morgan fingerprint density at radius 3 is 2.86 bits per heavy atom. The van der Waals surface area contributed by atoms with E-state index < -0.39 is 29.2 Å². The molecule has 0 aromatic carbocycles. The first-order valence-electron chi connectivity index (χ1n) is 11.1. The number of aliphatic carboxylic acids is 1. The minimum absolute atomic E-state index is 0.0638. The number of thioether (sulfide) groups is 1. The van der Waals surface area contributed by atoms with Crippen LogP contribution in [0.4, 0.5) is 0 Å². The maximum Gasteiger partial charge on any atom is 0.352 e. The Balaban J connectivity index is 1.38. The van der Waals surface area contributed by atoms with Gasteiger partial charge in [-0.3, -0.25) is 19.9 Å². The van der Waals surface area contributed by atoms with Crippen molar-refractivity contribution in [1.82, 2.24) is 19.3 Å². The number of nitrogens with zero attached hydrogens (tertiary/aromatic N) is 5. The van der Waals surface area contributed by atoms with Gasteiger partial charge in [0.2, 0.25) is 4.80 Å².